The minimum atomic E-state index is -0.413. The molecule has 0 fully saturated rings. The zero-order valence-corrected chi connectivity index (χ0v) is 14.1. The van der Waals surface area contributed by atoms with E-state index < -0.39 is 5.92 Å². The Morgan fingerprint density at radius 1 is 1.25 bits per heavy atom. The summed E-state index contributed by atoms with van der Waals surface area (Å²) in [5, 5.41) is 13.0. The molecule has 124 valence electrons. The van der Waals surface area contributed by atoms with Gasteiger partial charge in [-0.2, -0.15) is 5.26 Å². The van der Waals surface area contributed by atoms with Gasteiger partial charge in [-0.1, -0.05) is 0 Å². The number of nitrogens with zero attached hydrogens (tertiary/aromatic N) is 1. The van der Waals surface area contributed by atoms with Crippen LogP contribution in [0.15, 0.2) is 40.7 Å². The van der Waals surface area contributed by atoms with Crippen LogP contribution in [0.4, 0.5) is 0 Å². The number of ketones is 1. The van der Waals surface area contributed by atoms with Gasteiger partial charge in [-0.3, -0.25) is 4.79 Å². The molecule has 0 spiro atoms. The molecule has 5 heteroatoms. The van der Waals surface area contributed by atoms with Gasteiger partial charge in [0.1, 0.15) is 11.5 Å². The molecule has 1 atom stereocenters. The van der Waals surface area contributed by atoms with Crippen LogP contribution in [-0.4, -0.2) is 20.0 Å². The molecule has 0 saturated carbocycles. The molecule has 3 rings (SSSR count). The van der Waals surface area contributed by atoms with Crippen LogP contribution in [0.25, 0.3) is 0 Å². The van der Waals surface area contributed by atoms with Gasteiger partial charge in [-0.25, -0.2) is 0 Å². The van der Waals surface area contributed by atoms with Crippen LogP contribution in [0.2, 0.25) is 0 Å². The summed E-state index contributed by atoms with van der Waals surface area (Å²) in [5.74, 6) is 1.00. The number of allylic oxidation sites excluding steroid dienone is 4. The maximum Gasteiger partial charge on any atom is 0.161 e. The minimum Gasteiger partial charge on any atom is -0.497 e. The smallest absolute Gasteiger partial charge is 0.161 e. The largest absolute Gasteiger partial charge is 0.497 e. The molecular formula is C19H20N2O3. The number of hydrogen-bond acceptors (Lipinski definition) is 5. The van der Waals surface area contributed by atoms with Crippen LogP contribution in [-0.2, 0) is 4.79 Å². The number of Topliss-reactive ketones (excluding diaryl/α,β-unsaturated/α-hetero) is 1. The SMILES string of the molecule is COc1ccc(OC)c([C@@H]2C(C#N)=C(C)NC3=C2C(=O)CCC3)c1. The number of carbonyl (C=O) groups is 1. The molecule has 0 bridgehead atoms. The maximum atomic E-state index is 12.6. The molecule has 1 heterocycles. The molecule has 0 amide bonds. The predicted octanol–water partition coefficient (Wildman–Crippen LogP) is 3.20. The Bertz CT molecular complexity index is 799. The summed E-state index contributed by atoms with van der Waals surface area (Å²) < 4.78 is 10.8. The van der Waals surface area contributed by atoms with Crippen molar-refractivity contribution in [2.45, 2.75) is 32.1 Å². The van der Waals surface area contributed by atoms with Crippen molar-refractivity contribution in [2.24, 2.45) is 0 Å². The summed E-state index contributed by atoms with van der Waals surface area (Å²) in [6, 6.07) is 7.76. The van der Waals surface area contributed by atoms with Gasteiger partial charge in [0.05, 0.1) is 31.8 Å². The second kappa shape index (κ2) is 6.40. The van der Waals surface area contributed by atoms with Gasteiger partial charge in [0.25, 0.3) is 0 Å². The van der Waals surface area contributed by atoms with Crippen molar-refractivity contribution in [2.75, 3.05) is 14.2 Å². The normalized spacial score (nSPS) is 20.2. The Balaban J connectivity index is 2.25. The summed E-state index contributed by atoms with van der Waals surface area (Å²) in [7, 11) is 3.18. The van der Waals surface area contributed by atoms with Crippen LogP contribution >= 0.6 is 0 Å². The molecular weight excluding hydrogens is 304 g/mol. The first-order valence-electron chi connectivity index (χ1n) is 7.96. The van der Waals surface area contributed by atoms with Crippen LogP contribution in [0, 0.1) is 11.3 Å². The number of hydrogen-bond donors (Lipinski definition) is 1. The van der Waals surface area contributed by atoms with Crippen molar-refractivity contribution >= 4 is 5.78 Å². The zero-order valence-electron chi connectivity index (χ0n) is 14.1. The van der Waals surface area contributed by atoms with E-state index in [1.807, 2.05) is 25.1 Å². The topological polar surface area (TPSA) is 71.3 Å². The van der Waals surface area contributed by atoms with E-state index in [-0.39, 0.29) is 5.78 Å². The Kier molecular flexibility index (Phi) is 4.30. The average molecular weight is 324 g/mol. The molecule has 24 heavy (non-hydrogen) atoms. The second-order valence-electron chi connectivity index (χ2n) is 5.99. The van der Waals surface area contributed by atoms with E-state index in [1.165, 1.54) is 0 Å². The molecule has 1 aliphatic carbocycles. The molecule has 0 aromatic heterocycles. The molecule has 1 aromatic carbocycles. The molecule has 0 radical (unpaired) electrons. The number of carbonyl (C=O) groups excluding carboxylic acids is 1. The monoisotopic (exact) mass is 324 g/mol. The van der Waals surface area contributed by atoms with E-state index in [1.54, 1.807) is 14.2 Å². The fourth-order valence-corrected chi connectivity index (χ4v) is 3.51. The third-order valence-corrected chi connectivity index (χ3v) is 4.64. The molecule has 0 saturated heterocycles. The van der Waals surface area contributed by atoms with Crippen molar-refractivity contribution in [1.29, 1.82) is 5.26 Å². The van der Waals surface area contributed by atoms with Gasteiger partial charge in [0, 0.05) is 29.0 Å². The third kappa shape index (κ3) is 2.54. The van der Waals surface area contributed by atoms with Gasteiger partial charge in [0.15, 0.2) is 5.78 Å². The lowest BCUT2D eigenvalue weighted by Crippen LogP contribution is -2.31. The van der Waals surface area contributed by atoms with Crippen LogP contribution < -0.4 is 14.8 Å². The fourth-order valence-electron chi connectivity index (χ4n) is 3.51. The highest BCUT2D eigenvalue weighted by atomic mass is 16.5. The summed E-state index contributed by atoms with van der Waals surface area (Å²) >= 11 is 0. The predicted molar refractivity (Wildman–Crippen MR) is 89.6 cm³/mol. The van der Waals surface area contributed by atoms with Crippen molar-refractivity contribution in [1.82, 2.24) is 5.32 Å². The highest BCUT2D eigenvalue weighted by Gasteiger charge is 2.37. The number of methoxy groups -OCH3 is 2. The first-order chi connectivity index (χ1) is 11.6. The highest BCUT2D eigenvalue weighted by molar-refractivity contribution is 6.00. The van der Waals surface area contributed by atoms with E-state index >= 15 is 0 Å². The maximum absolute atomic E-state index is 12.6. The fraction of sp³-hybridized carbons (Fsp3) is 0.368. The second-order valence-corrected chi connectivity index (χ2v) is 5.99. The summed E-state index contributed by atoms with van der Waals surface area (Å²) in [4.78, 5) is 12.6. The molecule has 2 aliphatic rings. The van der Waals surface area contributed by atoms with E-state index in [4.69, 9.17) is 9.47 Å². The van der Waals surface area contributed by atoms with Gasteiger partial charge in [-0.05, 0) is 38.0 Å². The summed E-state index contributed by atoms with van der Waals surface area (Å²) in [6.45, 7) is 1.88. The van der Waals surface area contributed by atoms with Crippen molar-refractivity contribution in [3.8, 4) is 17.6 Å². The van der Waals surface area contributed by atoms with Gasteiger partial charge < -0.3 is 14.8 Å². The zero-order chi connectivity index (χ0) is 17.3. The van der Waals surface area contributed by atoms with E-state index in [0.29, 0.717) is 29.1 Å². The Labute approximate surface area is 141 Å². The first-order valence-corrected chi connectivity index (χ1v) is 7.96. The van der Waals surface area contributed by atoms with Crippen LogP contribution in [0.3, 0.4) is 0 Å². The van der Waals surface area contributed by atoms with Crippen molar-refractivity contribution in [3.63, 3.8) is 0 Å². The average Bonchev–Trinajstić information content (AvgIpc) is 2.60. The lowest BCUT2D eigenvalue weighted by Gasteiger charge is -2.33. The minimum absolute atomic E-state index is 0.0962. The molecule has 5 nitrogen and oxygen atoms in total. The molecule has 0 unspecified atom stereocenters. The van der Waals surface area contributed by atoms with Crippen molar-refractivity contribution in [3.05, 3.63) is 46.3 Å². The Morgan fingerprint density at radius 2 is 2.04 bits per heavy atom. The van der Waals surface area contributed by atoms with E-state index in [2.05, 4.69) is 11.4 Å². The lowest BCUT2D eigenvalue weighted by atomic mass is 9.75. The molecule has 1 N–H and O–H groups in total. The number of nitriles is 1. The van der Waals surface area contributed by atoms with Gasteiger partial charge in [-0.15, -0.1) is 0 Å². The summed E-state index contributed by atoms with van der Waals surface area (Å²) in [5.41, 5.74) is 3.75. The first kappa shape index (κ1) is 16.1. The lowest BCUT2D eigenvalue weighted by molar-refractivity contribution is -0.116. The number of dihydropyridines is 1. The number of nitrogens with one attached hydrogen (secondary N) is 1. The molecule has 1 aromatic rings. The van der Waals surface area contributed by atoms with Crippen molar-refractivity contribution < 1.29 is 14.3 Å². The number of rotatable bonds is 3. The van der Waals surface area contributed by atoms with E-state index in [9.17, 15) is 10.1 Å². The van der Waals surface area contributed by atoms with E-state index in [0.717, 1.165) is 29.8 Å². The Morgan fingerprint density at radius 3 is 2.71 bits per heavy atom. The third-order valence-electron chi connectivity index (χ3n) is 4.64. The quantitative estimate of drug-likeness (QED) is 0.924. The summed E-state index contributed by atoms with van der Waals surface area (Å²) in [6.07, 6.45) is 2.17. The standard InChI is InChI=1S/C19H20N2O3/c1-11-14(10-20)18(19-15(21-11)5-4-6-16(19)22)13-9-12(23-2)7-8-17(13)24-3/h7-9,18,21H,4-6H2,1-3H3/t18-/m1/s1. The van der Waals surface area contributed by atoms with Crippen LogP contribution in [0.5, 0.6) is 11.5 Å². The number of benzene rings is 1. The van der Waals surface area contributed by atoms with Gasteiger partial charge in [0.2, 0.25) is 0 Å². The highest BCUT2D eigenvalue weighted by Crippen LogP contribution is 2.45. The Hall–Kier alpha value is -2.74. The number of ether oxygens (including phenoxy) is 2. The van der Waals surface area contributed by atoms with Gasteiger partial charge >= 0.3 is 0 Å². The van der Waals surface area contributed by atoms with Crippen LogP contribution in [0.1, 0.15) is 37.7 Å². The molecule has 1 aliphatic heterocycles.